The molecule has 0 heterocycles. The molecule has 0 amide bonds. The normalized spacial score (nSPS) is 19.2. The van der Waals surface area contributed by atoms with Crippen LogP contribution in [0.4, 0.5) is 0 Å². The van der Waals surface area contributed by atoms with Gasteiger partial charge in [-0.2, -0.15) is 0 Å². The number of rotatable bonds is 2. The van der Waals surface area contributed by atoms with Gasteiger partial charge in [-0.25, -0.2) is 0 Å². The molecule has 2 rings (SSSR count). The van der Waals surface area contributed by atoms with Gasteiger partial charge in [0.05, 0.1) is 14.2 Å². The molecule has 1 aromatic rings. The van der Waals surface area contributed by atoms with Gasteiger partial charge in [-0.3, -0.25) is 4.79 Å². The number of methoxy groups -OCH3 is 2. The highest BCUT2D eigenvalue weighted by atomic mass is 16.5. The molecule has 86 valence electrons. The van der Waals surface area contributed by atoms with Crippen LogP contribution in [0.3, 0.4) is 0 Å². The van der Waals surface area contributed by atoms with E-state index in [1.54, 1.807) is 20.3 Å². The molecule has 3 heteroatoms. The molecular weight excluding hydrogens is 204 g/mol. The molecule has 0 N–H and O–H groups in total. The molecule has 0 bridgehead atoms. The summed E-state index contributed by atoms with van der Waals surface area (Å²) in [5.74, 6) is 1.94. The maximum atomic E-state index is 11.9. The second kappa shape index (κ2) is 4.16. The van der Waals surface area contributed by atoms with E-state index < -0.39 is 0 Å². The zero-order valence-electron chi connectivity index (χ0n) is 9.87. The van der Waals surface area contributed by atoms with Crippen LogP contribution >= 0.6 is 0 Å². The Labute approximate surface area is 95.4 Å². The molecule has 16 heavy (non-hydrogen) atoms. The number of ketones is 1. The largest absolute Gasteiger partial charge is 0.493 e. The quantitative estimate of drug-likeness (QED) is 0.768. The van der Waals surface area contributed by atoms with Crippen molar-refractivity contribution in [2.45, 2.75) is 19.8 Å². The molecular formula is C13H16O3. The van der Waals surface area contributed by atoms with E-state index in [0.29, 0.717) is 23.8 Å². The summed E-state index contributed by atoms with van der Waals surface area (Å²) >= 11 is 0. The van der Waals surface area contributed by atoms with Crippen molar-refractivity contribution < 1.29 is 14.3 Å². The van der Waals surface area contributed by atoms with E-state index in [1.807, 2.05) is 6.07 Å². The van der Waals surface area contributed by atoms with E-state index in [1.165, 1.54) is 0 Å². The summed E-state index contributed by atoms with van der Waals surface area (Å²) in [4.78, 5) is 11.9. The fourth-order valence-electron chi connectivity index (χ4n) is 2.22. The van der Waals surface area contributed by atoms with Crippen molar-refractivity contribution in [3.05, 3.63) is 23.3 Å². The third-order valence-electron chi connectivity index (χ3n) is 3.01. The van der Waals surface area contributed by atoms with Gasteiger partial charge in [0.1, 0.15) is 0 Å². The van der Waals surface area contributed by atoms with E-state index >= 15 is 0 Å². The van der Waals surface area contributed by atoms with Gasteiger partial charge in [0.25, 0.3) is 0 Å². The third-order valence-corrected chi connectivity index (χ3v) is 3.01. The SMILES string of the molecule is COc1cc2c(cc1OC)C(=O)CC(C)C2. The van der Waals surface area contributed by atoms with E-state index in [9.17, 15) is 4.79 Å². The van der Waals surface area contributed by atoms with Crippen LogP contribution in [0.15, 0.2) is 12.1 Å². The Morgan fingerprint density at radius 1 is 1.12 bits per heavy atom. The molecule has 0 fully saturated rings. The number of Topliss-reactive ketones (excluding diaryl/α,β-unsaturated/α-hetero) is 1. The molecule has 1 unspecified atom stereocenters. The van der Waals surface area contributed by atoms with Crippen LogP contribution in [0.1, 0.15) is 29.3 Å². The van der Waals surface area contributed by atoms with Crippen LogP contribution in [0.5, 0.6) is 11.5 Å². The summed E-state index contributed by atoms with van der Waals surface area (Å²) in [6.45, 7) is 2.09. The maximum absolute atomic E-state index is 11.9. The molecule has 0 saturated carbocycles. The second-order valence-electron chi connectivity index (χ2n) is 4.30. The molecule has 0 radical (unpaired) electrons. The molecule has 1 aliphatic rings. The Kier molecular flexibility index (Phi) is 2.86. The predicted molar refractivity (Wildman–Crippen MR) is 61.4 cm³/mol. The molecule has 1 aliphatic carbocycles. The summed E-state index contributed by atoms with van der Waals surface area (Å²) in [6.07, 6.45) is 1.56. The van der Waals surface area contributed by atoms with E-state index in [2.05, 4.69) is 6.92 Å². The maximum Gasteiger partial charge on any atom is 0.163 e. The number of fused-ring (bicyclic) bond motifs is 1. The lowest BCUT2D eigenvalue weighted by Gasteiger charge is -2.22. The van der Waals surface area contributed by atoms with Gasteiger partial charge in [-0.15, -0.1) is 0 Å². The lowest BCUT2D eigenvalue weighted by molar-refractivity contribution is 0.0953. The minimum absolute atomic E-state index is 0.203. The summed E-state index contributed by atoms with van der Waals surface area (Å²) in [7, 11) is 3.19. The summed E-state index contributed by atoms with van der Waals surface area (Å²) in [6, 6.07) is 3.71. The topological polar surface area (TPSA) is 35.5 Å². The van der Waals surface area contributed by atoms with Crippen LogP contribution in [-0.4, -0.2) is 20.0 Å². The first-order chi connectivity index (χ1) is 7.65. The molecule has 1 atom stereocenters. The standard InChI is InChI=1S/C13H16O3/c1-8-4-9-6-12(15-2)13(16-3)7-10(9)11(14)5-8/h6-8H,4-5H2,1-3H3. The van der Waals surface area contributed by atoms with Crippen molar-refractivity contribution in [2.75, 3.05) is 14.2 Å². The minimum Gasteiger partial charge on any atom is -0.493 e. The minimum atomic E-state index is 0.203. The third kappa shape index (κ3) is 1.77. The van der Waals surface area contributed by atoms with Crippen molar-refractivity contribution >= 4 is 5.78 Å². The number of benzene rings is 1. The first kappa shape index (κ1) is 11.0. The first-order valence-corrected chi connectivity index (χ1v) is 5.43. The average Bonchev–Trinajstić information content (AvgIpc) is 2.27. The highest BCUT2D eigenvalue weighted by Crippen LogP contribution is 2.35. The van der Waals surface area contributed by atoms with E-state index in [0.717, 1.165) is 17.5 Å². The zero-order valence-corrected chi connectivity index (χ0v) is 9.87. The zero-order chi connectivity index (χ0) is 11.7. The molecule has 1 aromatic carbocycles. The Morgan fingerprint density at radius 3 is 2.38 bits per heavy atom. The average molecular weight is 220 g/mol. The van der Waals surface area contributed by atoms with Crippen molar-refractivity contribution in [2.24, 2.45) is 5.92 Å². The molecule has 3 nitrogen and oxygen atoms in total. The Hall–Kier alpha value is -1.51. The highest BCUT2D eigenvalue weighted by molar-refractivity contribution is 5.99. The summed E-state index contributed by atoms with van der Waals surface area (Å²) in [5, 5.41) is 0. The number of ether oxygens (including phenoxy) is 2. The Balaban J connectivity index is 2.51. The van der Waals surface area contributed by atoms with Gasteiger partial charge in [0.2, 0.25) is 0 Å². The van der Waals surface area contributed by atoms with Gasteiger partial charge in [0.15, 0.2) is 17.3 Å². The predicted octanol–water partition coefficient (Wildman–Crippen LogP) is 2.47. The fraction of sp³-hybridized carbons (Fsp3) is 0.462. The summed E-state index contributed by atoms with van der Waals surface area (Å²) < 4.78 is 10.4. The number of carbonyl (C=O) groups excluding carboxylic acids is 1. The van der Waals surface area contributed by atoms with Gasteiger partial charge < -0.3 is 9.47 Å². The molecule has 0 spiro atoms. The molecule has 0 aliphatic heterocycles. The van der Waals surface area contributed by atoms with Crippen LogP contribution in [-0.2, 0) is 6.42 Å². The number of hydrogen-bond donors (Lipinski definition) is 0. The highest BCUT2D eigenvalue weighted by Gasteiger charge is 2.24. The van der Waals surface area contributed by atoms with Crippen LogP contribution in [0.25, 0.3) is 0 Å². The molecule has 0 aromatic heterocycles. The lowest BCUT2D eigenvalue weighted by atomic mass is 9.84. The van der Waals surface area contributed by atoms with Gasteiger partial charge in [-0.1, -0.05) is 6.92 Å². The van der Waals surface area contributed by atoms with Gasteiger partial charge in [0, 0.05) is 12.0 Å². The molecule has 0 saturated heterocycles. The first-order valence-electron chi connectivity index (χ1n) is 5.43. The van der Waals surface area contributed by atoms with Crippen molar-refractivity contribution in [1.29, 1.82) is 0 Å². The van der Waals surface area contributed by atoms with Gasteiger partial charge >= 0.3 is 0 Å². The van der Waals surface area contributed by atoms with Crippen molar-refractivity contribution in [3.8, 4) is 11.5 Å². The number of hydrogen-bond acceptors (Lipinski definition) is 3. The van der Waals surface area contributed by atoms with Crippen LogP contribution in [0.2, 0.25) is 0 Å². The number of carbonyl (C=O) groups is 1. The van der Waals surface area contributed by atoms with Crippen LogP contribution in [0, 0.1) is 5.92 Å². The second-order valence-corrected chi connectivity index (χ2v) is 4.30. The summed E-state index contributed by atoms with van der Waals surface area (Å²) in [5.41, 5.74) is 1.86. The lowest BCUT2D eigenvalue weighted by Crippen LogP contribution is -2.18. The Morgan fingerprint density at radius 2 is 1.75 bits per heavy atom. The van der Waals surface area contributed by atoms with Crippen LogP contribution < -0.4 is 9.47 Å². The van der Waals surface area contributed by atoms with Gasteiger partial charge in [-0.05, 0) is 30.0 Å². The fourth-order valence-corrected chi connectivity index (χ4v) is 2.22. The van der Waals surface area contributed by atoms with E-state index in [4.69, 9.17) is 9.47 Å². The van der Waals surface area contributed by atoms with Crippen molar-refractivity contribution in [1.82, 2.24) is 0 Å². The monoisotopic (exact) mass is 220 g/mol. The van der Waals surface area contributed by atoms with Crippen molar-refractivity contribution in [3.63, 3.8) is 0 Å². The Bertz CT molecular complexity index is 423. The van der Waals surface area contributed by atoms with E-state index in [-0.39, 0.29) is 5.78 Å². The smallest absolute Gasteiger partial charge is 0.163 e.